The molecular weight excluding hydrogens is 210 g/mol. The Morgan fingerprint density at radius 3 is 3.00 bits per heavy atom. The number of nitrogens with one attached hydrogen (secondary N) is 1. The summed E-state index contributed by atoms with van der Waals surface area (Å²) >= 11 is 1.87. The number of aliphatic hydroxyl groups is 1. The Bertz CT molecular complexity index is 263. The summed E-state index contributed by atoms with van der Waals surface area (Å²) in [6.07, 6.45) is 2.62. The monoisotopic (exact) mass is 229 g/mol. The Hall–Kier alpha value is -0.450. The highest BCUT2D eigenvalue weighted by molar-refractivity contribution is 7.99. The lowest BCUT2D eigenvalue weighted by atomic mass is 10.3. The van der Waals surface area contributed by atoms with Crippen LogP contribution < -0.4 is 5.32 Å². The fraction of sp³-hybridized carbons (Fsp3) is 0.636. The van der Waals surface area contributed by atoms with E-state index in [9.17, 15) is 0 Å². The van der Waals surface area contributed by atoms with Gasteiger partial charge in [0.15, 0.2) is 0 Å². The quantitative estimate of drug-likeness (QED) is 0.667. The molecule has 0 amide bonds. The zero-order chi connectivity index (χ0) is 10.9. The molecule has 1 aromatic heterocycles. The molecule has 1 heterocycles. The van der Waals surface area contributed by atoms with Crippen LogP contribution in [-0.2, 0) is 6.54 Å². The highest BCUT2D eigenvalue weighted by atomic mass is 32.2. The summed E-state index contributed by atoms with van der Waals surface area (Å²) in [4.78, 5) is 0. The maximum Gasteiger partial charge on any atom is 0.120 e. The first kappa shape index (κ1) is 12.6. The first-order valence-corrected chi connectivity index (χ1v) is 6.42. The lowest BCUT2D eigenvalue weighted by molar-refractivity contribution is 0.296. The Morgan fingerprint density at radius 1 is 1.47 bits per heavy atom. The van der Waals surface area contributed by atoms with Crippen molar-refractivity contribution in [2.75, 3.05) is 24.7 Å². The van der Waals surface area contributed by atoms with Crippen molar-refractivity contribution in [1.29, 1.82) is 0 Å². The molecule has 1 aromatic rings. The average molecular weight is 229 g/mol. The average Bonchev–Trinajstić information content (AvgIpc) is 2.63. The second-order valence-electron chi connectivity index (χ2n) is 3.39. The minimum absolute atomic E-state index is 0.298. The van der Waals surface area contributed by atoms with Crippen LogP contribution in [0.2, 0.25) is 0 Å². The van der Waals surface area contributed by atoms with Crippen LogP contribution in [0.25, 0.3) is 0 Å². The van der Waals surface area contributed by atoms with Crippen molar-refractivity contribution in [3.8, 4) is 0 Å². The third-order valence-corrected chi connectivity index (χ3v) is 3.19. The molecule has 4 heteroatoms. The summed E-state index contributed by atoms with van der Waals surface area (Å²) in [5.41, 5.74) is 1.20. The van der Waals surface area contributed by atoms with E-state index >= 15 is 0 Å². The second-order valence-corrected chi connectivity index (χ2v) is 4.62. The van der Waals surface area contributed by atoms with Crippen LogP contribution in [0, 0.1) is 6.92 Å². The van der Waals surface area contributed by atoms with Gasteiger partial charge in [-0.1, -0.05) is 0 Å². The Kier molecular flexibility index (Phi) is 6.55. The molecular formula is C11H19NO2S. The van der Waals surface area contributed by atoms with Crippen molar-refractivity contribution in [2.24, 2.45) is 0 Å². The van der Waals surface area contributed by atoms with Crippen LogP contribution in [0.4, 0.5) is 0 Å². The van der Waals surface area contributed by atoms with E-state index in [1.165, 1.54) is 5.56 Å². The zero-order valence-corrected chi connectivity index (χ0v) is 9.98. The van der Waals surface area contributed by atoms with E-state index in [1.54, 1.807) is 6.26 Å². The fourth-order valence-corrected chi connectivity index (χ4v) is 2.03. The van der Waals surface area contributed by atoms with Crippen LogP contribution in [0.5, 0.6) is 0 Å². The normalized spacial score (nSPS) is 10.8. The van der Waals surface area contributed by atoms with Crippen molar-refractivity contribution in [1.82, 2.24) is 5.32 Å². The molecule has 1 rings (SSSR count). The summed E-state index contributed by atoms with van der Waals surface area (Å²) in [7, 11) is 0. The minimum atomic E-state index is 0.298. The molecule has 86 valence electrons. The van der Waals surface area contributed by atoms with Gasteiger partial charge < -0.3 is 14.8 Å². The summed E-state index contributed by atoms with van der Waals surface area (Å²) in [5.74, 6) is 3.15. The van der Waals surface area contributed by atoms with Gasteiger partial charge in [0.25, 0.3) is 0 Å². The molecule has 2 N–H and O–H groups in total. The molecule has 3 nitrogen and oxygen atoms in total. The van der Waals surface area contributed by atoms with Gasteiger partial charge in [0, 0.05) is 18.9 Å². The molecule has 0 spiro atoms. The largest absolute Gasteiger partial charge is 0.468 e. The number of hydrogen-bond acceptors (Lipinski definition) is 4. The predicted molar refractivity (Wildman–Crippen MR) is 64.2 cm³/mol. The van der Waals surface area contributed by atoms with Gasteiger partial charge in [-0.05, 0) is 30.7 Å². The van der Waals surface area contributed by atoms with Crippen LogP contribution in [0.3, 0.4) is 0 Å². The molecule has 0 aliphatic carbocycles. The van der Waals surface area contributed by atoms with Gasteiger partial charge in [-0.25, -0.2) is 0 Å². The Morgan fingerprint density at radius 2 is 2.33 bits per heavy atom. The minimum Gasteiger partial charge on any atom is -0.468 e. The Labute approximate surface area is 95.2 Å². The second kappa shape index (κ2) is 7.79. The third-order valence-electron chi connectivity index (χ3n) is 2.12. The molecule has 0 unspecified atom stereocenters. The molecule has 15 heavy (non-hydrogen) atoms. The maximum atomic E-state index is 8.58. The van der Waals surface area contributed by atoms with Crippen molar-refractivity contribution < 1.29 is 9.52 Å². The van der Waals surface area contributed by atoms with Crippen molar-refractivity contribution >= 4 is 11.8 Å². The first-order chi connectivity index (χ1) is 7.34. The molecule has 0 aromatic carbocycles. The van der Waals surface area contributed by atoms with Gasteiger partial charge in [0.05, 0.1) is 12.8 Å². The standard InChI is InChI=1S/C11H19NO2S/c1-10-3-6-14-11(10)9-12-4-8-15-7-2-5-13/h3,6,12-13H,2,4-5,7-9H2,1H3. The molecule has 0 radical (unpaired) electrons. The number of furan rings is 1. The summed E-state index contributed by atoms with van der Waals surface area (Å²) in [6, 6.07) is 1.98. The van der Waals surface area contributed by atoms with Crippen LogP contribution >= 0.6 is 11.8 Å². The van der Waals surface area contributed by atoms with E-state index in [0.717, 1.165) is 36.8 Å². The van der Waals surface area contributed by atoms with Crippen LogP contribution in [0.15, 0.2) is 16.7 Å². The molecule has 0 saturated heterocycles. The zero-order valence-electron chi connectivity index (χ0n) is 9.16. The van der Waals surface area contributed by atoms with Crippen molar-refractivity contribution in [2.45, 2.75) is 19.9 Å². The molecule has 0 atom stereocenters. The van der Waals surface area contributed by atoms with Gasteiger partial charge in [-0.15, -0.1) is 0 Å². The summed E-state index contributed by atoms with van der Waals surface area (Å²) in [5, 5.41) is 11.9. The van der Waals surface area contributed by atoms with Gasteiger partial charge in [-0.3, -0.25) is 0 Å². The molecule has 0 aliphatic rings. The van der Waals surface area contributed by atoms with E-state index in [-0.39, 0.29) is 0 Å². The van der Waals surface area contributed by atoms with Crippen LogP contribution in [-0.4, -0.2) is 29.8 Å². The smallest absolute Gasteiger partial charge is 0.120 e. The summed E-state index contributed by atoms with van der Waals surface area (Å²) < 4.78 is 5.31. The van der Waals surface area contributed by atoms with E-state index in [0.29, 0.717) is 6.61 Å². The number of aryl methyl sites for hydroxylation is 1. The van der Waals surface area contributed by atoms with Gasteiger partial charge in [0.2, 0.25) is 0 Å². The van der Waals surface area contributed by atoms with Gasteiger partial charge in [0.1, 0.15) is 5.76 Å². The number of thioether (sulfide) groups is 1. The number of aliphatic hydroxyl groups excluding tert-OH is 1. The predicted octanol–water partition coefficient (Wildman–Crippen LogP) is 1.79. The number of rotatable bonds is 8. The third kappa shape index (κ3) is 5.25. The SMILES string of the molecule is Cc1ccoc1CNCCSCCCO. The van der Waals surface area contributed by atoms with E-state index in [4.69, 9.17) is 9.52 Å². The topological polar surface area (TPSA) is 45.4 Å². The van der Waals surface area contributed by atoms with E-state index in [2.05, 4.69) is 12.2 Å². The maximum absolute atomic E-state index is 8.58. The summed E-state index contributed by atoms with van der Waals surface area (Å²) in [6.45, 7) is 4.14. The molecule has 0 bridgehead atoms. The highest BCUT2D eigenvalue weighted by Gasteiger charge is 1.99. The molecule has 0 saturated carbocycles. The van der Waals surface area contributed by atoms with E-state index in [1.807, 2.05) is 17.8 Å². The van der Waals surface area contributed by atoms with Gasteiger partial charge in [-0.2, -0.15) is 11.8 Å². The lowest BCUT2D eigenvalue weighted by Gasteiger charge is -2.03. The Balaban J connectivity index is 1.96. The molecule has 0 fully saturated rings. The van der Waals surface area contributed by atoms with Crippen molar-refractivity contribution in [3.05, 3.63) is 23.7 Å². The molecule has 0 aliphatic heterocycles. The van der Waals surface area contributed by atoms with Crippen molar-refractivity contribution in [3.63, 3.8) is 0 Å². The lowest BCUT2D eigenvalue weighted by Crippen LogP contribution is -2.16. The fourth-order valence-electron chi connectivity index (χ4n) is 1.20. The first-order valence-electron chi connectivity index (χ1n) is 5.27. The van der Waals surface area contributed by atoms with Crippen LogP contribution in [0.1, 0.15) is 17.7 Å². The van der Waals surface area contributed by atoms with E-state index < -0.39 is 0 Å². The highest BCUT2D eigenvalue weighted by Crippen LogP contribution is 2.07. The number of hydrogen-bond donors (Lipinski definition) is 2. The van der Waals surface area contributed by atoms with Gasteiger partial charge >= 0.3 is 0 Å².